The molecule has 2 aromatic rings. The van der Waals surface area contributed by atoms with Gasteiger partial charge in [0.1, 0.15) is 5.82 Å². The van der Waals surface area contributed by atoms with Crippen LogP contribution in [0.2, 0.25) is 0 Å². The molecule has 0 amide bonds. The van der Waals surface area contributed by atoms with Gasteiger partial charge in [-0.15, -0.1) is 0 Å². The Hall–Kier alpha value is -2.43. The molecule has 0 atom stereocenters. The summed E-state index contributed by atoms with van der Waals surface area (Å²) in [6.45, 7) is 0. The van der Waals surface area contributed by atoms with Gasteiger partial charge in [0, 0.05) is 12.3 Å². The molecule has 0 bridgehead atoms. The van der Waals surface area contributed by atoms with E-state index in [0.717, 1.165) is 10.6 Å². The van der Waals surface area contributed by atoms with Crippen LogP contribution in [0.1, 0.15) is 10.4 Å². The second-order valence-corrected chi connectivity index (χ2v) is 3.38. The number of hydrogen-bond acceptors (Lipinski definition) is 2. The number of carboxylic acids is 1. The molecule has 17 heavy (non-hydrogen) atoms. The lowest BCUT2D eigenvalue weighted by Crippen LogP contribution is -2.19. The third-order valence-electron chi connectivity index (χ3n) is 2.28. The Morgan fingerprint density at radius 1 is 1.24 bits per heavy atom. The minimum absolute atomic E-state index is 0.0921. The van der Waals surface area contributed by atoms with Gasteiger partial charge in [-0.05, 0) is 18.2 Å². The highest BCUT2D eigenvalue weighted by molar-refractivity contribution is 5.87. The minimum atomic E-state index is -1.19. The summed E-state index contributed by atoms with van der Waals surface area (Å²) >= 11 is 0. The largest absolute Gasteiger partial charge is 0.478 e. The van der Waals surface area contributed by atoms with Gasteiger partial charge in [0.05, 0.1) is 11.3 Å². The molecule has 86 valence electrons. The average molecular weight is 233 g/mol. The van der Waals surface area contributed by atoms with E-state index in [4.69, 9.17) is 5.11 Å². The first-order valence-electron chi connectivity index (χ1n) is 4.80. The first-order chi connectivity index (χ1) is 8.09. The van der Waals surface area contributed by atoms with Crippen LogP contribution in [0.15, 0.2) is 47.4 Å². The molecule has 1 heterocycles. The van der Waals surface area contributed by atoms with E-state index in [-0.39, 0.29) is 11.3 Å². The minimum Gasteiger partial charge on any atom is -0.478 e. The summed E-state index contributed by atoms with van der Waals surface area (Å²) in [5, 5.41) is 8.70. The Morgan fingerprint density at radius 2 is 1.94 bits per heavy atom. The second-order valence-electron chi connectivity index (χ2n) is 3.38. The van der Waals surface area contributed by atoms with E-state index in [0.29, 0.717) is 0 Å². The lowest BCUT2D eigenvalue weighted by Gasteiger charge is -2.06. The predicted octanol–water partition coefficient (Wildman–Crippen LogP) is 1.67. The Kier molecular flexibility index (Phi) is 2.74. The highest BCUT2D eigenvalue weighted by Crippen LogP contribution is 2.10. The summed E-state index contributed by atoms with van der Waals surface area (Å²) in [5.41, 5.74) is -0.618. The molecular formula is C12H8FNO3. The number of pyridine rings is 1. The van der Waals surface area contributed by atoms with Gasteiger partial charge in [-0.1, -0.05) is 12.1 Å². The van der Waals surface area contributed by atoms with Crippen LogP contribution in [0.3, 0.4) is 0 Å². The number of hydrogen-bond donors (Lipinski definition) is 1. The van der Waals surface area contributed by atoms with Crippen molar-refractivity contribution < 1.29 is 14.3 Å². The lowest BCUT2D eigenvalue weighted by atomic mass is 10.2. The molecule has 0 aliphatic heterocycles. The molecule has 1 aromatic carbocycles. The summed E-state index contributed by atoms with van der Waals surface area (Å²) < 4.78 is 14.5. The number of aromatic carboxylic acids is 1. The van der Waals surface area contributed by atoms with Crippen molar-refractivity contribution >= 4 is 5.97 Å². The smallest absolute Gasteiger partial charge is 0.335 e. The molecule has 0 aliphatic rings. The van der Waals surface area contributed by atoms with Crippen LogP contribution in [0.25, 0.3) is 5.69 Å². The van der Waals surface area contributed by atoms with Crippen LogP contribution < -0.4 is 5.56 Å². The van der Waals surface area contributed by atoms with E-state index in [1.165, 1.54) is 30.5 Å². The van der Waals surface area contributed by atoms with E-state index in [1.54, 1.807) is 6.07 Å². The first kappa shape index (κ1) is 11.1. The van der Waals surface area contributed by atoms with Crippen molar-refractivity contribution in [2.45, 2.75) is 0 Å². The molecular weight excluding hydrogens is 225 g/mol. The number of nitrogens with zero attached hydrogens (tertiary/aromatic N) is 1. The molecule has 0 spiro atoms. The molecule has 0 radical (unpaired) electrons. The van der Waals surface area contributed by atoms with E-state index in [2.05, 4.69) is 0 Å². The van der Waals surface area contributed by atoms with E-state index < -0.39 is 17.3 Å². The maximum atomic E-state index is 13.4. The molecule has 0 aliphatic carbocycles. The number of benzene rings is 1. The first-order valence-corrected chi connectivity index (χ1v) is 4.80. The van der Waals surface area contributed by atoms with Crippen molar-refractivity contribution in [1.29, 1.82) is 0 Å². The molecule has 0 saturated heterocycles. The fourth-order valence-corrected chi connectivity index (χ4v) is 1.46. The van der Waals surface area contributed by atoms with Crippen LogP contribution in [0, 0.1) is 5.82 Å². The van der Waals surface area contributed by atoms with Gasteiger partial charge < -0.3 is 5.11 Å². The van der Waals surface area contributed by atoms with Crippen LogP contribution >= 0.6 is 0 Å². The van der Waals surface area contributed by atoms with Gasteiger partial charge in [-0.2, -0.15) is 0 Å². The number of halogens is 1. The Labute approximate surface area is 95.6 Å². The van der Waals surface area contributed by atoms with Crippen molar-refractivity contribution in [3.63, 3.8) is 0 Å². The van der Waals surface area contributed by atoms with Crippen molar-refractivity contribution in [3.05, 3.63) is 64.3 Å². The molecule has 0 saturated carbocycles. The number of carboxylic acid groups (broad SMARTS) is 1. The topological polar surface area (TPSA) is 59.3 Å². The second kappa shape index (κ2) is 4.21. The van der Waals surface area contributed by atoms with Gasteiger partial charge in [0.25, 0.3) is 5.56 Å². The third-order valence-corrected chi connectivity index (χ3v) is 2.28. The van der Waals surface area contributed by atoms with E-state index >= 15 is 0 Å². The SMILES string of the molecule is O=C(O)c1ccn(-c2ccccc2F)c(=O)c1. The zero-order valence-corrected chi connectivity index (χ0v) is 8.63. The number of aromatic nitrogens is 1. The zero-order valence-electron chi connectivity index (χ0n) is 8.63. The Balaban J connectivity index is 2.59. The number of carbonyl (C=O) groups is 1. The van der Waals surface area contributed by atoms with Crippen LogP contribution in [0.4, 0.5) is 4.39 Å². The van der Waals surface area contributed by atoms with E-state index in [9.17, 15) is 14.0 Å². The predicted molar refractivity (Wildman–Crippen MR) is 59.0 cm³/mol. The van der Waals surface area contributed by atoms with Crippen LogP contribution in [-0.4, -0.2) is 15.6 Å². The maximum Gasteiger partial charge on any atom is 0.335 e. The van der Waals surface area contributed by atoms with Gasteiger partial charge in [-0.3, -0.25) is 9.36 Å². The summed E-state index contributed by atoms with van der Waals surface area (Å²) in [7, 11) is 0. The van der Waals surface area contributed by atoms with Crippen molar-refractivity contribution in [3.8, 4) is 5.69 Å². The molecule has 0 fully saturated rings. The van der Waals surface area contributed by atoms with Gasteiger partial charge in [0.2, 0.25) is 0 Å². The standard InChI is InChI=1S/C12H8FNO3/c13-9-3-1-2-4-10(9)14-6-5-8(12(16)17)7-11(14)15/h1-7H,(H,16,17). The number of rotatable bonds is 2. The van der Waals surface area contributed by atoms with E-state index in [1.807, 2.05) is 0 Å². The molecule has 1 N–H and O–H groups in total. The normalized spacial score (nSPS) is 10.2. The highest BCUT2D eigenvalue weighted by atomic mass is 19.1. The number of para-hydroxylation sites is 1. The monoisotopic (exact) mass is 233 g/mol. The summed E-state index contributed by atoms with van der Waals surface area (Å²) in [4.78, 5) is 22.3. The van der Waals surface area contributed by atoms with Crippen LogP contribution in [0.5, 0.6) is 0 Å². The fourth-order valence-electron chi connectivity index (χ4n) is 1.46. The maximum absolute atomic E-state index is 13.4. The fraction of sp³-hybridized carbons (Fsp3) is 0. The average Bonchev–Trinajstić information content (AvgIpc) is 2.30. The van der Waals surface area contributed by atoms with Crippen molar-refractivity contribution in [1.82, 2.24) is 4.57 Å². The quantitative estimate of drug-likeness (QED) is 0.858. The molecule has 5 heteroatoms. The molecule has 4 nitrogen and oxygen atoms in total. The lowest BCUT2D eigenvalue weighted by molar-refractivity contribution is 0.0696. The zero-order chi connectivity index (χ0) is 12.4. The van der Waals surface area contributed by atoms with Gasteiger partial charge in [0.15, 0.2) is 0 Å². The van der Waals surface area contributed by atoms with Crippen molar-refractivity contribution in [2.75, 3.05) is 0 Å². The highest BCUT2D eigenvalue weighted by Gasteiger charge is 2.08. The molecule has 1 aromatic heterocycles. The third kappa shape index (κ3) is 2.08. The van der Waals surface area contributed by atoms with Gasteiger partial charge in [-0.25, -0.2) is 9.18 Å². The summed E-state index contributed by atoms with van der Waals surface area (Å²) in [6, 6.07) is 7.97. The Bertz CT molecular complexity index is 634. The summed E-state index contributed by atoms with van der Waals surface area (Å²) in [5.74, 6) is -1.74. The molecule has 2 rings (SSSR count). The molecule has 0 unspecified atom stereocenters. The van der Waals surface area contributed by atoms with Crippen LogP contribution in [-0.2, 0) is 0 Å². The Morgan fingerprint density at radius 3 is 2.53 bits per heavy atom. The van der Waals surface area contributed by atoms with Crippen molar-refractivity contribution in [2.24, 2.45) is 0 Å². The summed E-state index contributed by atoms with van der Waals surface area (Å²) in [6.07, 6.45) is 1.24. The van der Waals surface area contributed by atoms with Gasteiger partial charge >= 0.3 is 5.97 Å².